The fourth-order valence-electron chi connectivity index (χ4n) is 7.97. The zero-order valence-electron chi connectivity index (χ0n) is 32.6. The number of rotatable bonds is 17. The molecule has 0 amide bonds. The van der Waals surface area contributed by atoms with E-state index in [1.54, 1.807) is 6.08 Å². The second-order valence-electron chi connectivity index (χ2n) is 15.0. The first-order valence-corrected chi connectivity index (χ1v) is 19.5. The number of benzene rings is 2. The molecule has 11 heteroatoms. The maximum atomic E-state index is 9.85. The predicted molar refractivity (Wildman–Crippen MR) is 202 cm³/mol. The molecule has 2 aromatic rings. The van der Waals surface area contributed by atoms with Gasteiger partial charge >= 0.3 is 0 Å². The van der Waals surface area contributed by atoms with Crippen LogP contribution in [0.2, 0.25) is 0 Å². The van der Waals surface area contributed by atoms with E-state index in [-0.39, 0.29) is 42.7 Å². The molecule has 3 aliphatic heterocycles. The minimum Gasteiger partial charge on any atom is -0.374 e. The summed E-state index contributed by atoms with van der Waals surface area (Å²) in [7, 11) is 0. The average molecular weight is 736 g/mol. The van der Waals surface area contributed by atoms with Gasteiger partial charge in [0.15, 0.2) is 18.9 Å². The van der Waals surface area contributed by atoms with Crippen molar-refractivity contribution in [1.82, 2.24) is 0 Å². The van der Waals surface area contributed by atoms with Crippen LogP contribution in [0.3, 0.4) is 0 Å². The third-order valence-electron chi connectivity index (χ3n) is 11.6. The third-order valence-corrected chi connectivity index (χ3v) is 11.6. The summed E-state index contributed by atoms with van der Waals surface area (Å²) in [6.45, 7) is 20.1. The van der Waals surface area contributed by atoms with Crippen molar-refractivity contribution in [2.75, 3.05) is 13.2 Å². The molecule has 0 saturated carbocycles. The first kappa shape index (κ1) is 41.3. The van der Waals surface area contributed by atoms with Gasteiger partial charge in [-0.25, -0.2) is 0 Å². The van der Waals surface area contributed by atoms with Gasteiger partial charge in [-0.3, -0.25) is 0 Å². The molecule has 0 radical (unpaired) electrons. The fraction of sp³-hybridized carbons (Fsp3) is 0.667. The first-order chi connectivity index (χ1) is 25.7. The Morgan fingerprint density at radius 1 is 0.660 bits per heavy atom. The van der Waals surface area contributed by atoms with Gasteiger partial charge in [0.1, 0.15) is 12.2 Å². The molecule has 0 N–H and O–H groups in total. The maximum absolute atomic E-state index is 9.85. The lowest BCUT2D eigenvalue weighted by atomic mass is 9.78. The lowest BCUT2D eigenvalue weighted by Crippen LogP contribution is -2.62. The number of hydrogen-bond acceptors (Lipinski definition) is 9. The molecule has 11 nitrogen and oxygen atoms in total. The van der Waals surface area contributed by atoms with E-state index in [4.69, 9.17) is 37.9 Å². The van der Waals surface area contributed by atoms with Gasteiger partial charge in [0, 0.05) is 16.7 Å². The second-order valence-corrected chi connectivity index (χ2v) is 15.0. The molecule has 3 heterocycles. The highest BCUT2D eigenvalue weighted by Crippen LogP contribution is 2.42. The highest BCUT2D eigenvalue weighted by Gasteiger charge is 2.52. The Morgan fingerprint density at radius 2 is 1.26 bits per heavy atom. The van der Waals surface area contributed by atoms with Crippen molar-refractivity contribution in [3.05, 3.63) is 94.9 Å². The topological polar surface area (TPSA) is 123 Å². The number of hydrogen-bond donors (Lipinski definition) is 0. The second kappa shape index (κ2) is 20.2. The van der Waals surface area contributed by atoms with Crippen LogP contribution in [0.15, 0.2) is 78.4 Å². The monoisotopic (exact) mass is 735 g/mol. The van der Waals surface area contributed by atoms with Gasteiger partial charge in [-0.1, -0.05) is 120 Å². The molecule has 5 rings (SSSR count). The molecule has 2 aromatic carbocycles. The molecule has 15 atom stereocenters. The number of azide groups is 1. The van der Waals surface area contributed by atoms with Crippen LogP contribution in [0.4, 0.5) is 0 Å². The molecule has 3 aliphatic rings. The lowest BCUT2D eigenvalue weighted by Gasteiger charge is -2.50. The van der Waals surface area contributed by atoms with Crippen molar-refractivity contribution in [2.24, 2.45) is 34.7 Å². The van der Waals surface area contributed by atoms with Crippen LogP contribution in [-0.2, 0) is 51.1 Å². The van der Waals surface area contributed by atoms with Crippen molar-refractivity contribution >= 4 is 0 Å². The zero-order chi connectivity index (χ0) is 37.9. The SMILES string of the molecule is C=CCO[C@@H]1OC(COCc2ccccc2)[C@H](O[C@@H]2OC(CC)[C@H](O[C@@H]3OC(CC)[C@H](C)[C@H](C)C3C)[C@H](C)C2N=[N+]=[N-])[C@@H](OCc2ccccc2)C1C. The average Bonchev–Trinajstić information content (AvgIpc) is 3.18. The highest BCUT2D eigenvalue weighted by atomic mass is 16.7. The fourth-order valence-corrected chi connectivity index (χ4v) is 7.97. The molecule has 0 aromatic heterocycles. The van der Waals surface area contributed by atoms with Crippen LogP contribution in [0, 0.1) is 29.6 Å². The van der Waals surface area contributed by atoms with Crippen molar-refractivity contribution in [2.45, 2.75) is 136 Å². The minimum absolute atomic E-state index is 0.108. The summed E-state index contributed by atoms with van der Waals surface area (Å²) in [4.78, 5) is 3.27. The van der Waals surface area contributed by atoms with Crippen molar-refractivity contribution in [1.29, 1.82) is 0 Å². The molecule has 0 spiro atoms. The molecular formula is C42H61N3O8. The van der Waals surface area contributed by atoms with Gasteiger partial charge in [-0.05, 0) is 47.3 Å². The molecule has 0 bridgehead atoms. The Bertz CT molecular complexity index is 1430. The van der Waals surface area contributed by atoms with Crippen molar-refractivity contribution < 1.29 is 37.9 Å². The summed E-state index contributed by atoms with van der Waals surface area (Å²) < 4.78 is 52.9. The smallest absolute Gasteiger partial charge is 0.167 e. The molecule has 6 unspecified atom stereocenters. The van der Waals surface area contributed by atoms with Crippen LogP contribution in [-0.4, -0.2) is 74.7 Å². The van der Waals surface area contributed by atoms with E-state index in [0.29, 0.717) is 38.1 Å². The Morgan fingerprint density at radius 3 is 1.89 bits per heavy atom. The van der Waals surface area contributed by atoms with Crippen molar-refractivity contribution in [3.8, 4) is 0 Å². The van der Waals surface area contributed by atoms with E-state index in [1.165, 1.54) is 0 Å². The molecular weight excluding hydrogens is 674 g/mol. The Kier molecular flexibility index (Phi) is 15.7. The number of nitrogens with zero attached hydrogens (tertiary/aromatic N) is 3. The normalized spacial score (nSPS) is 37.5. The zero-order valence-corrected chi connectivity index (χ0v) is 32.6. The van der Waals surface area contributed by atoms with Gasteiger partial charge in [0.05, 0.1) is 56.9 Å². The molecule has 292 valence electrons. The quantitative estimate of drug-likeness (QED) is 0.0685. The van der Waals surface area contributed by atoms with Crippen molar-refractivity contribution in [3.63, 3.8) is 0 Å². The number of ether oxygens (including phenoxy) is 8. The Hall–Kier alpha value is -2.83. The van der Waals surface area contributed by atoms with E-state index in [2.05, 4.69) is 51.2 Å². The summed E-state index contributed by atoms with van der Waals surface area (Å²) in [5.41, 5.74) is 11.9. The van der Waals surface area contributed by atoms with E-state index in [1.807, 2.05) is 74.5 Å². The van der Waals surface area contributed by atoms with Crippen LogP contribution in [0.25, 0.3) is 10.4 Å². The lowest BCUT2D eigenvalue weighted by molar-refractivity contribution is -0.350. The van der Waals surface area contributed by atoms with Gasteiger partial charge in [0.25, 0.3) is 0 Å². The van der Waals surface area contributed by atoms with Crippen LogP contribution in [0.5, 0.6) is 0 Å². The summed E-state index contributed by atoms with van der Waals surface area (Å²) in [5, 5.41) is 4.28. The van der Waals surface area contributed by atoms with Gasteiger partial charge < -0.3 is 37.9 Å². The van der Waals surface area contributed by atoms with Gasteiger partial charge in [-0.15, -0.1) is 6.58 Å². The molecule has 3 fully saturated rings. The van der Waals surface area contributed by atoms with Crippen LogP contribution in [0.1, 0.15) is 72.4 Å². The largest absolute Gasteiger partial charge is 0.374 e. The van der Waals surface area contributed by atoms with Crippen LogP contribution < -0.4 is 0 Å². The minimum atomic E-state index is -0.899. The summed E-state index contributed by atoms with van der Waals surface area (Å²) in [5.74, 6) is 0.535. The first-order valence-electron chi connectivity index (χ1n) is 19.5. The standard InChI is InChI=1S/C42H61N3O8/c1-9-22-47-40-30(8)38(48-24-32-20-16-13-17-21-32)39(35(51-40)25-46-23-31-18-14-12-15-19-31)53-42-36(44-45-43)29(7)37(34(11-3)50-42)52-41-28(6)26(4)27(5)33(10-2)49-41/h9,12-21,26-30,33-42H,1,10-11,22-25H2,2-8H3/t26-,27+,28?,29+,30?,33?,34?,35?,36?,37+,38-,39-,40+,41-,42-/m0/s1. The molecule has 0 aliphatic carbocycles. The van der Waals surface area contributed by atoms with E-state index < -0.39 is 43.2 Å². The van der Waals surface area contributed by atoms with Crippen LogP contribution >= 0.6 is 0 Å². The van der Waals surface area contributed by atoms with E-state index >= 15 is 0 Å². The van der Waals surface area contributed by atoms with E-state index in [9.17, 15) is 5.53 Å². The summed E-state index contributed by atoms with van der Waals surface area (Å²) >= 11 is 0. The molecule has 3 saturated heterocycles. The third kappa shape index (κ3) is 10.3. The highest BCUT2D eigenvalue weighted by molar-refractivity contribution is 5.14. The van der Waals surface area contributed by atoms with E-state index in [0.717, 1.165) is 17.5 Å². The molecule has 53 heavy (non-hydrogen) atoms. The Labute approximate surface area is 316 Å². The Balaban J connectivity index is 1.42. The maximum Gasteiger partial charge on any atom is 0.167 e. The van der Waals surface area contributed by atoms with Gasteiger partial charge in [0.2, 0.25) is 0 Å². The summed E-state index contributed by atoms with van der Waals surface area (Å²) in [6, 6.07) is 19.3. The summed E-state index contributed by atoms with van der Waals surface area (Å²) in [6.07, 6.45) is -0.994. The van der Waals surface area contributed by atoms with Gasteiger partial charge in [-0.2, -0.15) is 0 Å². The predicted octanol–water partition coefficient (Wildman–Crippen LogP) is 8.62.